The summed E-state index contributed by atoms with van der Waals surface area (Å²) in [4.78, 5) is 43.6. The highest BCUT2D eigenvalue weighted by Crippen LogP contribution is 2.39. The van der Waals surface area contributed by atoms with E-state index in [0.717, 1.165) is 18.1 Å². The minimum atomic E-state index is -4.12. The average molecular weight is 583 g/mol. The van der Waals surface area contributed by atoms with Gasteiger partial charge in [-0.2, -0.15) is 4.48 Å². The summed E-state index contributed by atoms with van der Waals surface area (Å²) in [5.74, 6) is -1.15. The Labute approximate surface area is 243 Å². The predicted molar refractivity (Wildman–Crippen MR) is 161 cm³/mol. The number of nitrogens with one attached hydrogen (secondary N) is 3. The van der Waals surface area contributed by atoms with Crippen molar-refractivity contribution in [2.45, 2.75) is 18.0 Å². The van der Waals surface area contributed by atoms with Crippen LogP contribution in [0, 0.1) is 0 Å². The number of sulfonamides is 1. The number of hydrogen-bond acceptors (Lipinski definition) is 6. The van der Waals surface area contributed by atoms with Crippen LogP contribution in [0.3, 0.4) is 0 Å². The summed E-state index contributed by atoms with van der Waals surface area (Å²) in [6.07, 6.45) is -1.32. The number of benzodiazepines with no additional fused rings is 1. The number of nitrogens with zero attached hydrogens (tertiary/aromatic N) is 2. The molecule has 0 aromatic heterocycles. The third-order valence-electron chi connectivity index (χ3n) is 6.84. The molecule has 0 spiro atoms. The number of urea groups is 1. The number of benzene rings is 4. The third-order valence-corrected chi connectivity index (χ3v) is 8.27. The van der Waals surface area contributed by atoms with Crippen LogP contribution in [0.4, 0.5) is 21.9 Å². The van der Waals surface area contributed by atoms with Gasteiger partial charge in [-0.1, -0.05) is 66.7 Å². The van der Waals surface area contributed by atoms with Crippen LogP contribution in [-0.4, -0.2) is 45.2 Å². The van der Waals surface area contributed by atoms with Gasteiger partial charge in [0.1, 0.15) is 5.69 Å². The SMILES string of the molecule is CC(=O)NS(=O)(=O)c1cccc(NC(=O)NC2N=C(c3ccccc3)c3ccccc3[N+](C)(c3ccccc3)C2=O)c1. The van der Waals surface area contributed by atoms with E-state index in [2.05, 4.69) is 10.6 Å². The molecule has 11 heteroatoms. The fraction of sp³-hybridized carbons (Fsp3) is 0.0968. The third kappa shape index (κ3) is 5.55. The topological polar surface area (TPSA) is 134 Å². The molecule has 0 bridgehead atoms. The summed E-state index contributed by atoms with van der Waals surface area (Å²) in [7, 11) is -2.36. The summed E-state index contributed by atoms with van der Waals surface area (Å²) in [6.45, 7) is 1.08. The van der Waals surface area contributed by atoms with Crippen molar-refractivity contribution >= 4 is 50.6 Å². The molecule has 4 amide bonds. The second kappa shape index (κ2) is 11.4. The van der Waals surface area contributed by atoms with Crippen LogP contribution in [0.1, 0.15) is 18.1 Å². The molecule has 0 fully saturated rings. The highest BCUT2D eigenvalue weighted by Gasteiger charge is 2.47. The highest BCUT2D eigenvalue weighted by atomic mass is 32.2. The van der Waals surface area contributed by atoms with E-state index in [1.807, 2.05) is 89.7 Å². The second-order valence-corrected chi connectivity index (χ2v) is 11.4. The van der Waals surface area contributed by atoms with Gasteiger partial charge in [0, 0.05) is 36.4 Å². The van der Waals surface area contributed by atoms with Gasteiger partial charge in [-0.15, -0.1) is 0 Å². The van der Waals surface area contributed by atoms with E-state index in [1.165, 1.54) is 24.3 Å². The van der Waals surface area contributed by atoms with E-state index in [9.17, 15) is 22.8 Å². The van der Waals surface area contributed by atoms with E-state index in [4.69, 9.17) is 4.99 Å². The highest BCUT2D eigenvalue weighted by molar-refractivity contribution is 7.90. The minimum Gasteiger partial charge on any atom is -0.308 e. The van der Waals surface area contributed by atoms with E-state index >= 15 is 0 Å². The van der Waals surface area contributed by atoms with Gasteiger partial charge >= 0.3 is 11.9 Å². The lowest BCUT2D eigenvalue weighted by Gasteiger charge is -2.32. The number of aliphatic imine (C=N–C) groups is 1. The van der Waals surface area contributed by atoms with Crippen LogP contribution in [0.2, 0.25) is 0 Å². The van der Waals surface area contributed by atoms with E-state index in [0.29, 0.717) is 17.1 Å². The van der Waals surface area contributed by atoms with Crippen LogP contribution < -0.4 is 19.8 Å². The molecule has 4 aromatic carbocycles. The number of likely N-dealkylation sites (N-methyl/N-ethyl adjacent to an activating group) is 1. The Balaban J connectivity index is 1.55. The van der Waals surface area contributed by atoms with Gasteiger partial charge < -0.3 is 10.6 Å². The maximum Gasteiger partial charge on any atom is 0.368 e. The predicted octanol–water partition coefficient (Wildman–Crippen LogP) is 4.31. The van der Waals surface area contributed by atoms with Crippen LogP contribution in [-0.2, 0) is 19.6 Å². The van der Waals surface area contributed by atoms with Gasteiger partial charge in [-0.25, -0.2) is 27.7 Å². The average Bonchev–Trinajstić information content (AvgIpc) is 3.07. The number of quaternary nitrogens is 1. The van der Waals surface area contributed by atoms with Crippen molar-refractivity contribution < 1.29 is 22.8 Å². The molecule has 5 rings (SSSR count). The van der Waals surface area contributed by atoms with Crippen LogP contribution >= 0.6 is 0 Å². The number of carbonyl (C=O) groups is 3. The maximum absolute atomic E-state index is 14.4. The number of anilines is 1. The number of hydrogen-bond donors (Lipinski definition) is 3. The molecule has 42 heavy (non-hydrogen) atoms. The van der Waals surface area contributed by atoms with Crippen LogP contribution in [0.25, 0.3) is 0 Å². The van der Waals surface area contributed by atoms with Gasteiger partial charge in [-0.05, 0) is 24.3 Å². The molecule has 2 atom stereocenters. The fourth-order valence-corrected chi connectivity index (χ4v) is 5.91. The summed E-state index contributed by atoms with van der Waals surface area (Å²) in [6, 6.07) is 30.8. The van der Waals surface area contributed by atoms with Gasteiger partial charge in [0.2, 0.25) is 12.1 Å². The first-order valence-electron chi connectivity index (χ1n) is 13.0. The minimum absolute atomic E-state index is 0.135. The standard InChI is InChI=1S/C31H27N5O5S/c1-21(37)35-42(40,41)25-17-11-14-23(20-25)32-31(39)34-29-30(38)36(2,24-15-7-4-8-16-24)27-19-10-9-18-26(27)28(33-29)22-12-5-3-6-13-22/h3-20,29H,1-2H3,(H2-,32,34,35,37,39)/p+1. The molecular formula is C31H28N5O5S+. The first-order chi connectivity index (χ1) is 20.1. The lowest BCUT2D eigenvalue weighted by molar-refractivity contribution is -0.128. The number of amides is 4. The van der Waals surface area contributed by atoms with Crippen molar-refractivity contribution in [3.8, 4) is 0 Å². The molecule has 0 saturated carbocycles. The second-order valence-electron chi connectivity index (χ2n) is 9.73. The van der Waals surface area contributed by atoms with Crippen LogP contribution in [0.15, 0.2) is 119 Å². The Kier molecular flexibility index (Phi) is 7.70. The first kappa shape index (κ1) is 28.4. The molecule has 212 valence electrons. The summed E-state index contributed by atoms with van der Waals surface area (Å²) in [5, 5.41) is 5.27. The van der Waals surface area contributed by atoms with Crippen molar-refractivity contribution in [1.82, 2.24) is 14.5 Å². The lowest BCUT2D eigenvalue weighted by Crippen LogP contribution is -2.56. The van der Waals surface area contributed by atoms with Crippen molar-refractivity contribution in [3.63, 3.8) is 0 Å². The zero-order valence-corrected chi connectivity index (χ0v) is 23.6. The smallest absolute Gasteiger partial charge is 0.308 e. The molecule has 3 N–H and O–H groups in total. The normalized spacial score (nSPS) is 18.2. The zero-order chi connectivity index (χ0) is 29.9. The first-order valence-corrected chi connectivity index (χ1v) is 14.5. The monoisotopic (exact) mass is 582 g/mol. The molecule has 1 heterocycles. The van der Waals surface area contributed by atoms with Crippen molar-refractivity contribution in [3.05, 3.63) is 120 Å². The van der Waals surface area contributed by atoms with Gasteiger partial charge in [-0.3, -0.25) is 4.79 Å². The zero-order valence-electron chi connectivity index (χ0n) is 22.8. The Bertz CT molecular complexity index is 1810. The van der Waals surface area contributed by atoms with E-state index < -0.39 is 34.0 Å². The Morgan fingerprint density at radius 1 is 0.833 bits per heavy atom. The molecule has 2 unspecified atom stereocenters. The quantitative estimate of drug-likeness (QED) is 0.292. The Morgan fingerprint density at radius 3 is 2.17 bits per heavy atom. The molecule has 1 aliphatic rings. The molecule has 0 radical (unpaired) electrons. The van der Waals surface area contributed by atoms with Crippen molar-refractivity contribution in [2.24, 2.45) is 4.99 Å². The van der Waals surface area contributed by atoms with Gasteiger partial charge in [0.15, 0.2) is 5.69 Å². The van der Waals surface area contributed by atoms with Crippen LogP contribution in [0.5, 0.6) is 0 Å². The fourth-order valence-electron chi connectivity index (χ4n) is 4.87. The van der Waals surface area contributed by atoms with E-state index in [1.54, 1.807) is 7.05 Å². The number of carbonyl (C=O) groups excluding carboxylic acids is 3. The number of para-hydroxylation sites is 2. The Hall–Kier alpha value is -5.13. The largest absolute Gasteiger partial charge is 0.368 e. The van der Waals surface area contributed by atoms with Gasteiger partial charge in [0.05, 0.1) is 23.2 Å². The summed E-state index contributed by atoms with van der Waals surface area (Å²) in [5.41, 5.74) is 3.55. The number of fused-ring (bicyclic) bond motifs is 1. The molecular weight excluding hydrogens is 554 g/mol. The molecule has 0 aliphatic carbocycles. The number of rotatable bonds is 6. The van der Waals surface area contributed by atoms with Crippen molar-refractivity contribution in [2.75, 3.05) is 12.4 Å². The maximum atomic E-state index is 14.4. The molecule has 4 aromatic rings. The Morgan fingerprint density at radius 2 is 1.48 bits per heavy atom. The molecule has 1 aliphatic heterocycles. The summed E-state index contributed by atoms with van der Waals surface area (Å²) >= 11 is 0. The van der Waals surface area contributed by atoms with Crippen molar-refractivity contribution in [1.29, 1.82) is 0 Å². The van der Waals surface area contributed by atoms with Gasteiger partial charge in [0.25, 0.3) is 10.0 Å². The van der Waals surface area contributed by atoms with E-state index in [-0.39, 0.29) is 15.1 Å². The summed E-state index contributed by atoms with van der Waals surface area (Å²) < 4.78 is 26.5. The lowest BCUT2D eigenvalue weighted by atomic mass is 9.99. The molecule has 10 nitrogen and oxygen atoms in total. The molecule has 0 saturated heterocycles.